The number of nitrogens with one attached hydrogen (secondary N) is 1. The third-order valence-electron chi connectivity index (χ3n) is 3.74. The number of hydrogen-bond donors (Lipinski definition) is 1. The summed E-state index contributed by atoms with van der Waals surface area (Å²) in [5, 5.41) is 1.36. The summed E-state index contributed by atoms with van der Waals surface area (Å²) in [6, 6.07) is 10.4. The van der Waals surface area contributed by atoms with Gasteiger partial charge in [-0.1, -0.05) is 12.1 Å². The number of fused-ring (bicyclic) bond motifs is 1. The molecule has 130 valence electrons. The molecule has 2 aromatic carbocycles. The Morgan fingerprint density at radius 1 is 1.20 bits per heavy atom. The van der Waals surface area contributed by atoms with Crippen molar-refractivity contribution in [3.63, 3.8) is 0 Å². The van der Waals surface area contributed by atoms with Gasteiger partial charge in [-0.3, -0.25) is 9.71 Å². The van der Waals surface area contributed by atoms with Gasteiger partial charge in [-0.05, 0) is 59.6 Å². The summed E-state index contributed by atoms with van der Waals surface area (Å²) in [6.45, 7) is 4.30. The Balaban J connectivity index is 2.04. The van der Waals surface area contributed by atoms with Crippen LogP contribution in [0.5, 0.6) is 5.75 Å². The molecule has 0 radical (unpaired) electrons. The summed E-state index contributed by atoms with van der Waals surface area (Å²) in [5.74, 6) is 0.710. The average molecular weight is 421 g/mol. The molecule has 0 saturated carbocycles. The summed E-state index contributed by atoms with van der Waals surface area (Å²) in [4.78, 5) is 4.29. The highest BCUT2D eigenvalue weighted by molar-refractivity contribution is 9.10. The van der Waals surface area contributed by atoms with Crippen LogP contribution in [0.4, 0.5) is 5.69 Å². The molecule has 0 unspecified atom stereocenters. The lowest BCUT2D eigenvalue weighted by atomic mass is 10.2. The Kier molecular flexibility index (Phi) is 4.96. The maximum atomic E-state index is 12.9. The number of sulfonamides is 1. The van der Waals surface area contributed by atoms with Gasteiger partial charge in [-0.15, -0.1) is 0 Å². The lowest BCUT2D eigenvalue weighted by molar-refractivity contribution is 0.340. The summed E-state index contributed by atoms with van der Waals surface area (Å²) in [6.07, 6.45) is 3.23. The van der Waals surface area contributed by atoms with Gasteiger partial charge in [-0.2, -0.15) is 0 Å². The molecular weight excluding hydrogens is 404 g/mol. The number of rotatable bonds is 5. The lowest BCUT2D eigenvalue weighted by Gasteiger charge is -2.14. The number of anilines is 1. The molecule has 0 atom stereocenters. The minimum atomic E-state index is -3.76. The molecule has 5 nitrogen and oxygen atoms in total. The predicted octanol–water partition coefficient (Wildman–Crippen LogP) is 4.51. The number of benzene rings is 2. The van der Waals surface area contributed by atoms with Crippen molar-refractivity contribution in [1.29, 1.82) is 0 Å². The molecule has 7 heteroatoms. The minimum absolute atomic E-state index is 0.201. The van der Waals surface area contributed by atoms with E-state index in [0.717, 1.165) is 10.9 Å². The quantitative estimate of drug-likeness (QED) is 0.659. The van der Waals surface area contributed by atoms with E-state index < -0.39 is 10.0 Å². The SMILES string of the molecule is CCOc1ccc(NS(=O)(=O)c2cccc3cncc(Br)c23)c(C)c1. The molecular formula is C18H17BrN2O3S. The van der Waals surface area contributed by atoms with Crippen molar-refractivity contribution in [3.8, 4) is 5.75 Å². The Hall–Kier alpha value is -2.12. The van der Waals surface area contributed by atoms with E-state index in [2.05, 4.69) is 25.6 Å². The van der Waals surface area contributed by atoms with Crippen molar-refractivity contribution < 1.29 is 13.2 Å². The van der Waals surface area contributed by atoms with Crippen LogP contribution in [-0.4, -0.2) is 20.0 Å². The maximum absolute atomic E-state index is 12.9. The van der Waals surface area contributed by atoms with Crippen LogP contribution in [-0.2, 0) is 10.0 Å². The molecule has 1 aromatic heterocycles. The van der Waals surface area contributed by atoms with Crippen LogP contribution in [0.1, 0.15) is 12.5 Å². The van der Waals surface area contributed by atoms with Gasteiger partial charge in [0.15, 0.2) is 0 Å². The van der Waals surface area contributed by atoms with Crippen molar-refractivity contribution in [2.24, 2.45) is 0 Å². The van der Waals surface area contributed by atoms with Gasteiger partial charge in [0.05, 0.1) is 17.2 Å². The third-order valence-corrected chi connectivity index (χ3v) is 5.75. The molecule has 0 spiro atoms. The molecule has 0 fully saturated rings. The van der Waals surface area contributed by atoms with Crippen molar-refractivity contribution in [2.75, 3.05) is 11.3 Å². The van der Waals surface area contributed by atoms with Crippen LogP contribution in [0, 0.1) is 6.92 Å². The van der Waals surface area contributed by atoms with Crippen molar-refractivity contribution in [3.05, 3.63) is 58.8 Å². The van der Waals surface area contributed by atoms with Gasteiger partial charge in [0.25, 0.3) is 10.0 Å². The predicted molar refractivity (Wildman–Crippen MR) is 103 cm³/mol. The first-order valence-electron chi connectivity index (χ1n) is 7.71. The molecule has 0 aliphatic rings. The van der Waals surface area contributed by atoms with Gasteiger partial charge >= 0.3 is 0 Å². The summed E-state index contributed by atoms with van der Waals surface area (Å²) < 4.78 is 34.6. The fourth-order valence-electron chi connectivity index (χ4n) is 2.59. The number of pyridine rings is 1. The van der Waals surface area contributed by atoms with E-state index in [-0.39, 0.29) is 4.90 Å². The van der Waals surface area contributed by atoms with Gasteiger partial charge < -0.3 is 4.74 Å². The van der Waals surface area contributed by atoms with Crippen molar-refractivity contribution in [2.45, 2.75) is 18.7 Å². The number of aromatic nitrogens is 1. The number of aryl methyl sites for hydroxylation is 1. The normalized spacial score (nSPS) is 11.5. The molecule has 1 heterocycles. The second-order valence-electron chi connectivity index (χ2n) is 5.49. The fraction of sp³-hybridized carbons (Fsp3) is 0.167. The summed E-state index contributed by atoms with van der Waals surface area (Å²) in [7, 11) is -3.76. The van der Waals surface area contributed by atoms with Crippen molar-refractivity contribution in [1.82, 2.24) is 4.98 Å². The highest BCUT2D eigenvalue weighted by Crippen LogP contribution is 2.31. The molecule has 25 heavy (non-hydrogen) atoms. The second kappa shape index (κ2) is 7.01. The molecule has 0 bridgehead atoms. The van der Waals surface area contributed by atoms with Crippen LogP contribution in [0.2, 0.25) is 0 Å². The maximum Gasteiger partial charge on any atom is 0.262 e. The first-order chi connectivity index (χ1) is 11.9. The molecule has 0 aliphatic heterocycles. The van der Waals surface area contributed by atoms with Crippen LogP contribution in [0.15, 0.2) is 58.2 Å². The zero-order chi connectivity index (χ0) is 18.0. The summed E-state index contributed by atoms with van der Waals surface area (Å²) in [5.41, 5.74) is 1.31. The number of ether oxygens (including phenoxy) is 1. The zero-order valence-electron chi connectivity index (χ0n) is 13.8. The molecule has 0 aliphatic carbocycles. The minimum Gasteiger partial charge on any atom is -0.494 e. The molecule has 3 aromatic rings. The van der Waals surface area contributed by atoms with Crippen LogP contribution in [0.3, 0.4) is 0 Å². The molecule has 1 N–H and O–H groups in total. The van der Waals surface area contributed by atoms with E-state index in [1.807, 2.05) is 26.0 Å². The molecule has 3 rings (SSSR count). The first kappa shape index (κ1) is 17.7. The van der Waals surface area contributed by atoms with E-state index in [0.29, 0.717) is 27.9 Å². The topological polar surface area (TPSA) is 68.3 Å². The van der Waals surface area contributed by atoms with Crippen LogP contribution >= 0.6 is 15.9 Å². The molecule has 0 saturated heterocycles. The van der Waals surface area contributed by atoms with E-state index >= 15 is 0 Å². The smallest absolute Gasteiger partial charge is 0.262 e. The second-order valence-corrected chi connectivity index (χ2v) is 8.00. The Morgan fingerprint density at radius 3 is 2.72 bits per heavy atom. The van der Waals surface area contributed by atoms with E-state index in [1.165, 1.54) is 0 Å². The third kappa shape index (κ3) is 3.62. The molecule has 0 amide bonds. The standard InChI is InChI=1S/C18H17BrN2O3S/c1-3-24-14-7-8-16(12(2)9-14)21-25(22,23)17-6-4-5-13-10-20-11-15(19)18(13)17/h4-11,21H,3H2,1-2H3. The Labute approximate surface area is 155 Å². The number of nitrogens with zero attached hydrogens (tertiary/aromatic N) is 1. The van der Waals surface area contributed by atoms with E-state index in [9.17, 15) is 8.42 Å². The summed E-state index contributed by atoms with van der Waals surface area (Å²) >= 11 is 3.40. The Morgan fingerprint density at radius 2 is 2.00 bits per heavy atom. The monoisotopic (exact) mass is 420 g/mol. The largest absolute Gasteiger partial charge is 0.494 e. The van der Waals surface area contributed by atoms with Gasteiger partial charge in [0.2, 0.25) is 0 Å². The van der Waals surface area contributed by atoms with Crippen LogP contribution in [0.25, 0.3) is 10.8 Å². The van der Waals surface area contributed by atoms with Gasteiger partial charge in [0.1, 0.15) is 5.75 Å². The van der Waals surface area contributed by atoms with E-state index in [4.69, 9.17) is 4.74 Å². The highest BCUT2D eigenvalue weighted by atomic mass is 79.9. The van der Waals surface area contributed by atoms with Gasteiger partial charge in [0, 0.05) is 27.6 Å². The number of hydrogen-bond acceptors (Lipinski definition) is 4. The van der Waals surface area contributed by atoms with E-state index in [1.54, 1.807) is 36.7 Å². The average Bonchev–Trinajstić information content (AvgIpc) is 2.57. The fourth-order valence-corrected chi connectivity index (χ4v) is 4.66. The van der Waals surface area contributed by atoms with Crippen LogP contribution < -0.4 is 9.46 Å². The lowest BCUT2D eigenvalue weighted by Crippen LogP contribution is -2.14. The Bertz CT molecular complexity index is 1030. The van der Waals surface area contributed by atoms with Gasteiger partial charge in [-0.25, -0.2) is 8.42 Å². The van der Waals surface area contributed by atoms with Crippen molar-refractivity contribution >= 4 is 42.4 Å². The highest BCUT2D eigenvalue weighted by Gasteiger charge is 2.20. The zero-order valence-corrected chi connectivity index (χ0v) is 16.2. The number of halogens is 1. The first-order valence-corrected chi connectivity index (χ1v) is 9.98.